The van der Waals surface area contributed by atoms with Gasteiger partial charge in [-0.15, -0.1) is 24.0 Å². The van der Waals surface area contributed by atoms with Crippen molar-refractivity contribution < 1.29 is 9.47 Å². The topological polar surface area (TPSA) is 49.3 Å². The van der Waals surface area contributed by atoms with E-state index < -0.39 is 0 Å². The Labute approximate surface area is 176 Å². The summed E-state index contributed by atoms with van der Waals surface area (Å²) in [4.78, 5) is 9.87. The van der Waals surface area contributed by atoms with E-state index in [1.165, 1.54) is 32.1 Å². The second kappa shape index (κ2) is 12.4. The van der Waals surface area contributed by atoms with Crippen LogP contribution in [0.1, 0.15) is 45.4 Å². The lowest BCUT2D eigenvalue weighted by atomic mass is 10.2. The van der Waals surface area contributed by atoms with E-state index in [9.17, 15) is 0 Å². The quantitative estimate of drug-likeness (QED) is 0.263. The zero-order chi connectivity index (χ0) is 17.3. The standard InChI is InChI=1S/C19H36N4O2.HI/c1-2-20-19(21-9-5-13-25-18-6-3-4-7-18)23-10-8-17(16-23)22-11-14-24-15-12-22;/h17-18H,2-16H2,1H3,(H,20,21);1H. The van der Waals surface area contributed by atoms with Gasteiger partial charge in [-0.1, -0.05) is 12.8 Å². The molecule has 0 spiro atoms. The van der Waals surface area contributed by atoms with Crippen LogP contribution in [0.25, 0.3) is 0 Å². The largest absolute Gasteiger partial charge is 0.379 e. The number of guanidine groups is 1. The molecule has 6 nitrogen and oxygen atoms in total. The maximum absolute atomic E-state index is 5.94. The lowest BCUT2D eigenvalue weighted by molar-refractivity contribution is 0.0195. The molecule has 2 aliphatic heterocycles. The summed E-state index contributed by atoms with van der Waals surface area (Å²) >= 11 is 0. The minimum absolute atomic E-state index is 0. The zero-order valence-corrected chi connectivity index (χ0v) is 18.7. The Balaban J connectivity index is 0.00000243. The first kappa shape index (κ1) is 22.2. The van der Waals surface area contributed by atoms with Gasteiger partial charge in [-0.25, -0.2) is 0 Å². The van der Waals surface area contributed by atoms with Gasteiger partial charge >= 0.3 is 0 Å². The van der Waals surface area contributed by atoms with Crippen molar-refractivity contribution in [1.29, 1.82) is 0 Å². The van der Waals surface area contributed by atoms with Gasteiger partial charge in [0.25, 0.3) is 0 Å². The Kier molecular flexibility index (Phi) is 10.5. The molecule has 3 rings (SSSR count). The summed E-state index contributed by atoms with van der Waals surface area (Å²) in [6.45, 7) is 10.9. The van der Waals surface area contributed by atoms with Crippen LogP contribution in [0.2, 0.25) is 0 Å². The van der Waals surface area contributed by atoms with E-state index in [0.717, 1.165) is 71.5 Å². The third kappa shape index (κ3) is 6.80. The van der Waals surface area contributed by atoms with Crippen molar-refractivity contribution >= 4 is 29.9 Å². The average Bonchev–Trinajstić information content (AvgIpc) is 3.33. The van der Waals surface area contributed by atoms with Crippen LogP contribution in [0.3, 0.4) is 0 Å². The molecule has 1 atom stereocenters. The number of ether oxygens (including phenoxy) is 2. The molecule has 0 radical (unpaired) electrons. The van der Waals surface area contributed by atoms with Crippen LogP contribution in [-0.2, 0) is 9.47 Å². The van der Waals surface area contributed by atoms with Gasteiger partial charge in [0.2, 0.25) is 0 Å². The molecule has 152 valence electrons. The van der Waals surface area contributed by atoms with Crippen molar-refractivity contribution in [3.63, 3.8) is 0 Å². The van der Waals surface area contributed by atoms with Crippen LogP contribution in [0.4, 0.5) is 0 Å². The van der Waals surface area contributed by atoms with E-state index in [2.05, 4.69) is 22.0 Å². The van der Waals surface area contributed by atoms with Crippen LogP contribution in [0, 0.1) is 0 Å². The fourth-order valence-corrected chi connectivity index (χ4v) is 4.16. The predicted octanol–water partition coefficient (Wildman–Crippen LogP) is 2.33. The molecule has 0 aromatic heterocycles. The highest BCUT2D eigenvalue weighted by Crippen LogP contribution is 2.21. The summed E-state index contributed by atoms with van der Waals surface area (Å²) < 4.78 is 11.4. The summed E-state index contributed by atoms with van der Waals surface area (Å²) in [6.07, 6.45) is 7.95. The Morgan fingerprint density at radius 1 is 1.15 bits per heavy atom. The molecule has 3 aliphatic rings. The van der Waals surface area contributed by atoms with Crippen molar-refractivity contribution in [2.75, 3.05) is 59.1 Å². The van der Waals surface area contributed by atoms with Crippen molar-refractivity contribution in [1.82, 2.24) is 15.1 Å². The second-order valence-electron chi connectivity index (χ2n) is 7.40. The van der Waals surface area contributed by atoms with E-state index in [0.29, 0.717) is 12.1 Å². The SMILES string of the molecule is CCNC(=NCCCOC1CCCC1)N1CCC(N2CCOCC2)C1.I. The Hall–Kier alpha value is -0.120. The van der Waals surface area contributed by atoms with Gasteiger partial charge in [0.1, 0.15) is 0 Å². The highest BCUT2D eigenvalue weighted by Gasteiger charge is 2.30. The van der Waals surface area contributed by atoms with Crippen LogP contribution in [0.5, 0.6) is 0 Å². The third-order valence-corrected chi connectivity index (χ3v) is 5.58. The zero-order valence-electron chi connectivity index (χ0n) is 16.3. The Morgan fingerprint density at radius 3 is 2.65 bits per heavy atom. The van der Waals surface area contributed by atoms with Gasteiger partial charge in [0.15, 0.2) is 5.96 Å². The van der Waals surface area contributed by atoms with Crippen LogP contribution in [-0.4, -0.2) is 87.0 Å². The fourth-order valence-electron chi connectivity index (χ4n) is 4.16. The normalized spacial score (nSPS) is 25.5. The van der Waals surface area contributed by atoms with E-state index in [4.69, 9.17) is 14.5 Å². The number of halogens is 1. The molecular formula is C19H37IN4O2. The Morgan fingerprint density at radius 2 is 1.92 bits per heavy atom. The van der Waals surface area contributed by atoms with Gasteiger partial charge < -0.3 is 19.7 Å². The molecule has 2 heterocycles. The second-order valence-corrected chi connectivity index (χ2v) is 7.40. The lowest BCUT2D eigenvalue weighted by Crippen LogP contribution is -2.46. The first-order valence-corrected chi connectivity index (χ1v) is 10.3. The van der Waals surface area contributed by atoms with Crippen LogP contribution >= 0.6 is 24.0 Å². The number of rotatable bonds is 7. The summed E-state index contributed by atoms with van der Waals surface area (Å²) in [6, 6.07) is 0.651. The van der Waals surface area contributed by atoms with E-state index in [1.54, 1.807) is 0 Å². The first-order valence-electron chi connectivity index (χ1n) is 10.3. The number of morpholine rings is 1. The minimum Gasteiger partial charge on any atom is -0.379 e. The smallest absolute Gasteiger partial charge is 0.193 e. The number of nitrogens with one attached hydrogen (secondary N) is 1. The molecular weight excluding hydrogens is 443 g/mol. The molecule has 0 bridgehead atoms. The van der Waals surface area contributed by atoms with Crippen LogP contribution in [0.15, 0.2) is 4.99 Å². The number of aliphatic imine (C=N–C) groups is 1. The summed E-state index contributed by atoms with van der Waals surface area (Å²) in [5.74, 6) is 1.08. The highest BCUT2D eigenvalue weighted by atomic mass is 127. The van der Waals surface area contributed by atoms with Gasteiger partial charge in [0.05, 0.1) is 19.3 Å². The van der Waals surface area contributed by atoms with Crippen molar-refractivity contribution in [3.05, 3.63) is 0 Å². The van der Waals surface area contributed by atoms with Gasteiger partial charge in [-0.05, 0) is 32.6 Å². The molecule has 1 aliphatic carbocycles. The van der Waals surface area contributed by atoms with Crippen molar-refractivity contribution in [3.8, 4) is 0 Å². The molecule has 1 N–H and O–H groups in total. The van der Waals surface area contributed by atoms with Crippen LogP contribution < -0.4 is 5.32 Å². The number of hydrogen-bond acceptors (Lipinski definition) is 4. The molecule has 26 heavy (non-hydrogen) atoms. The maximum atomic E-state index is 5.94. The van der Waals surface area contributed by atoms with E-state index in [-0.39, 0.29) is 24.0 Å². The van der Waals surface area contributed by atoms with Gasteiger partial charge in [0, 0.05) is 51.9 Å². The third-order valence-electron chi connectivity index (χ3n) is 5.58. The minimum atomic E-state index is 0. The maximum Gasteiger partial charge on any atom is 0.193 e. The van der Waals surface area contributed by atoms with Gasteiger partial charge in [-0.3, -0.25) is 9.89 Å². The number of nitrogens with zero attached hydrogens (tertiary/aromatic N) is 3. The molecule has 1 saturated carbocycles. The Bertz CT molecular complexity index is 412. The number of likely N-dealkylation sites (tertiary alicyclic amines) is 1. The lowest BCUT2D eigenvalue weighted by Gasteiger charge is -2.32. The monoisotopic (exact) mass is 480 g/mol. The van der Waals surface area contributed by atoms with E-state index in [1.807, 2.05) is 0 Å². The van der Waals surface area contributed by atoms with E-state index >= 15 is 0 Å². The molecule has 0 aromatic carbocycles. The molecule has 3 fully saturated rings. The number of hydrogen-bond donors (Lipinski definition) is 1. The summed E-state index contributed by atoms with van der Waals surface area (Å²) in [5, 5.41) is 3.47. The van der Waals surface area contributed by atoms with Crippen molar-refractivity contribution in [2.24, 2.45) is 4.99 Å². The van der Waals surface area contributed by atoms with Crippen molar-refractivity contribution in [2.45, 2.75) is 57.6 Å². The summed E-state index contributed by atoms with van der Waals surface area (Å²) in [5.41, 5.74) is 0. The first-order chi connectivity index (χ1) is 12.4. The highest BCUT2D eigenvalue weighted by molar-refractivity contribution is 14.0. The molecule has 2 saturated heterocycles. The molecule has 0 aromatic rings. The fraction of sp³-hybridized carbons (Fsp3) is 0.947. The van der Waals surface area contributed by atoms with Gasteiger partial charge in [-0.2, -0.15) is 0 Å². The predicted molar refractivity (Wildman–Crippen MR) is 117 cm³/mol. The average molecular weight is 480 g/mol. The molecule has 7 heteroatoms. The molecule has 0 amide bonds. The molecule has 1 unspecified atom stereocenters. The summed E-state index contributed by atoms with van der Waals surface area (Å²) in [7, 11) is 0.